The monoisotopic (exact) mass is 767 g/mol. The molecule has 0 saturated heterocycles. The van der Waals surface area contributed by atoms with E-state index in [1.54, 1.807) is 0 Å². The molecule has 0 saturated carbocycles. The Morgan fingerprint density at radius 2 is 0.950 bits per heavy atom. The third-order valence-corrected chi connectivity index (χ3v) is 13.2. The number of nitrogens with zero attached hydrogens (tertiary/aromatic N) is 1. The Morgan fingerprint density at radius 3 is 1.75 bits per heavy atom. The van der Waals surface area contributed by atoms with E-state index >= 15 is 0 Å². The average molecular weight is 768 g/mol. The molecule has 3 heteroatoms. The zero-order chi connectivity index (χ0) is 39.7. The van der Waals surface area contributed by atoms with Gasteiger partial charge >= 0.3 is 0 Å². The van der Waals surface area contributed by atoms with Crippen molar-refractivity contribution in [2.24, 2.45) is 0 Å². The van der Waals surface area contributed by atoms with Gasteiger partial charge in [-0.15, -0.1) is 0 Å². The molecule has 0 spiro atoms. The molecule has 1 aliphatic carbocycles. The maximum Gasteiger partial charge on any atom is 0.143 e. The second-order valence-electron chi connectivity index (χ2n) is 16.8. The standard InChI is InChI=1S/C57H37NO2/c1-57(2)48-17-8-6-14-44(48)54-49(57)27-26-43-42-16-10-15-40(55(42)60-56(43)54)35-21-19-34(20-22-35)36-23-28-50-45(31-36)46-32-37(24-29-51(46)58(50)39-11-4-3-5-12-39)38-25-30-53-47(33-38)41-13-7-9-18-52(41)59-53/h3-33H,1-2H3. The molecule has 60 heavy (non-hydrogen) atoms. The minimum Gasteiger partial charge on any atom is -0.456 e. The fourth-order valence-electron chi connectivity index (χ4n) is 10.3. The molecule has 1 aliphatic rings. The zero-order valence-corrected chi connectivity index (χ0v) is 33.2. The number of rotatable bonds is 4. The minimum absolute atomic E-state index is 0.0786. The summed E-state index contributed by atoms with van der Waals surface area (Å²) in [6.07, 6.45) is 0. The van der Waals surface area contributed by atoms with Crippen LogP contribution in [0.3, 0.4) is 0 Å². The molecular weight excluding hydrogens is 731 g/mol. The lowest BCUT2D eigenvalue weighted by atomic mass is 9.82. The Hall–Kier alpha value is -7.62. The van der Waals surface area contributed by atoms with Gasteiger partial charge in [0.15, 0.2) is 0 Å². The van der Waals surface area contributed by atoms with Crippen LogP contribution in [0.4, 0.5) is 0 Å². The number of para-hydroxylation sites is 3. The van der Waals surface area contributed by atoms with Crippen molar-refractivity contribution in [3.05, 3.63) is 199 Å². The highest BCUT2D eigenvalue weighted by Gasteiger charge is 2.37. The van der Waals surface area contributed by atoms with Gasteiger partial charge in [0.2, 0.25) is 0 Å². The maximum absolute atomic E-state index is 6.94. The first-order valence-corrected chi connectivity index (χ1v) is 20.7. The highest BCUT2D eigenvalue weighted by molar-refractivity contribution is 6.15. The van der Waals surface area contributed by atoms with Gasteiger partial charge in [0.1, 0.15) is 22.3 Å². The smallest absolute Gasteiger partial charge is 0.143 e. The Balaban J connectivity index is 0.928. The SMILES string of the molecule is CC1(C)c2ccccc2-c2c1ccc1c2oc2c(-c3ccc(-c4ccc5c(c4)c4cc(-c6ccc7oc8ccccc8c7c6)ccc4n5-c4ccccc4)cc3)cccc21. The minimum atomic E-state index is -0.0786. The molecule has 282 valence electrons. The quantitative estimate of drug-likeness (QED) is 0.179. The second-order valence-corrected chi connectivity index (χ2v) is 16.8. The van der Waals surface area contributed by atoms with E-state index in [-0.39, 0.29) is 5.41 Å². The van der Waals surface area contributed by atoms with E-state index in [2.05, 4.69) is 194 Å². The summed E-state index contributed by atoms with van der Waals surface area (Å²) in [5.74, 6) is 0. The summed E-state index contributed by atoms with van der Waals surface area (Å²) in [7, 11) is 0. The van der Waals surface area contributed by atoms with Gasteiger partial charge in [0, 0.05) is 54.5 Å². The molecule has 13 rings (SSSR count). The second kappa shape index (κ2) is 12.2. The highest BCUT2D eigenvalue weighted by atomic mass is 16.3. The number of fused-ring (bicyclic) bond motifs is 13. The van der Waals surface area contributed by atoms with Gasteiger partial charge < -0.3 is 13.4 Å². The highest BCUT2D eigenvalue weighted by Crippen LogP contribution is 2.53. The molecule has 12 aromatic rings. The van der Waals surface area contributed by atoms with Gasteiger partial charge in [-0.05, 0) is 99.1 Å². The Bertz CT molecular complexity index is 3730. The number of aromatic nitrogens is 1. The van der Waals surface area contributed by atoms with E-state index in [0.29, 0.717) is 0 Å². The molecule has 0 fully saturated rings. The predicted octanol–water partition coefficient (Wildman–Crippen LogP) is 15.9. The normalized spacial score (nSPS) is 13.3. The van der Waals surface area contributed by atoms with Crippen LogP contribution >= 0.6 is 0 Å². The van der Waals surface area contributed by atoms with Gasteiger partial charge in [-0.3, -0.25) is 0 Å². The first-order valence-electron chi connectivity index (χ1n) is 20.7. The van der Waals surface area contributed by atoms with Gasteiger partial charge in [0.05, 0.1) is 11.0 Å². The number of benzene rings is 9. The van der Waals surface area contributed by atoms with E-state index < -0.39 is 0 Å². The van der Waals surface area contributed by atoms with Crippen LogP contribution in [0.25, 0.3) is 116 Å². The van der Waals surface area contributed by atoms with Crippen molar-refractivity contribution in [1.82, 2.24) is 4.57 Å². The summed E-state index contributed by atoms with van der Waals surface area (Å²) in [4.78, 5) is 0. The van der Waals surface area contributed by atoms with Crippen molar-refractivity contribution in [1.29, 1.82) is 0 Å². The van der Waals surface area contributed by atoms with E-state index in [0.717, 1.165) is 60.7 Å². The van der Waals surface area contributed by atoms with Crippen molar-refractivity contribution < 1.29 is 8.83 Å². The molecule has 3 heterocycles. The van der Waals surface area contributed by atoms with E-state index in [1.165, 1.54) is 66.3 Å². The first kappa shape index (κ1) is 33.4. The summed E-state index contributed by atoms with van der Waals surface area (Å²) in [6.45, 7) is 4.64. The summed E-state index contributed by atoms with van der Waals surface area (Å²) >= 11 is 0. The fraction of sp³-hybridized carbons (Fsp3) is 0.0526. The zero-order valence-electron chi connectivity index (χ0n) is 33.2. The molecule has 0 bridgehead atoms. The number of hydrogen-bond donors (Lipinski definition) is 0. The largest absolute Gasteiger partial charge is 0.456 e. The average Bonchev–Trinajstić information content (AvgIpc) is 4.03. The van der Waals surface area contributed by atoms with Crippen molar-refractivity contribution in [3.8, 4) is 50.2 Å². The van der Waals surface area contributed by atoms with Crippen LogP contribution in [0.5, 0.6) is 0 Å². The van der Waals surface area contributed by atoms with Crippen LogP contribution in [-0.4, -0.2) is 4.57 Å². The lowest BCUT2D eigenvalue weighted by Gasteiger charge is -2.21. The van der Waals surface area contributed by atoms with Gasteiger partial charge in [-0.1, -0.05) is 147 Å². The fourth-order valence-corrected chi connectivity index (χ4v) is 10.3. The van der Waals surface area contributed by atoms with E-state index in [4.69, 9.17) is 8.83 Å². The van der Waals surface area contributed by atoms with Crippen LogP contribution in [0.15, 0.2) is 197 Å². The third-order valence-electron chi connectivity index (χ3n) is 13.2. The maximum atomic E-state index is 6.94. The summed E-state index contributed by atoms with van der Waals surface area (Å²) in [5.41, 5.74) is 19.3. The Morgan fingerprint density at radius 1 is 0.367 bits per heavy atom. The van der Waals surface area contributed by atoms with Crippen molar-refractivity contribution in [2.75, 3.05) is 0 Å². The van der Waals surface area contributed by atoms with Gasteiger partial charge in [0.25, 0.3) is 0 Å². The summed E-state index contributed by atoms with van der Waals surface area (Å²) in [5, 5.41) is 7.02. The molecule has 0 amide bonds. The molecular formula is C57H37NO2. The number of hydrogen-bond acceptors (Lipinski definition) is 2. The van der Waals surface area contributed by atoms with Crippen LogP contribution < -0.4 is 0 Å². The molecule has 0 radical (unpaired) electrons. The van der Waals surface area contributed by atoms with Crippen LogP contribution in [0.2, 0.25) is 0 Å². The molecule has 0 atom stereocenters. The number of furan rings is 2. The molecule has 3 nitrogen and oxygen atoms in total. The van der Waals surface area contributed by atoms with Gasteiger partial charge in [-0.2, -0.15) is 0 Å². The van der Waals surface area contributed by atoms with Crippen LogP contribution in [0.1, 0.15) is 25.0 Å². The predicted molar refractivity (Wildman–Crippen MR) is 249 cm³/mol. The van der Waals surface area contributed by atoms with Crippen LogP contribution in [0, 0.1) is 0 Å². The van der Waals surface area contributed by atoms with Crippen molar-refractivity contribution in [3.63, 3.8) is 0 Å². The molecule has 9 aromatic carbocycles. The molecule has 0 unspecified atom stereocenters. The Labute approximate surface area is 346 Å². The summed E-state index contributed by atoms with van der Waals surface area (Å²) < 4.78 is 15.5. The molecule has 3 aromatic heterocycles. The first-order chi connectivity index (χ1) is 29.5. The molecule has 0 N–H and O–H groups in total. The topological polar surface area (TPSA) is 31.2 Å². The Kier molecular flexibility index (Phi) is 6.78. The van der Waals surface area contributed by atoms with Crippen molar-refractivity contribution in [2.45, 2.75) is 19.3 Å². The lowest BCUT2D eigenvalue weighted by molar-refractivity contribution is 0.653. The van der Waals surface area contributed by atoms with E-state index in [1.807, 2.05) is 12.1 Å². The van der Waals surface area contributed by atoms with Crippen LogP contribution in [-0.2, 0) is 5.41 Å². The van der Waals surface area contributed by atoms with Crippen molar-refractivity contribution >= 4 is 65.7 Å². The lowest BCUT2D eigenvalue weighted by Crippen LogP contribution is -2.14. The summed E-state index contributed by atoms with van der Waals surface area (Å²) in [6, 6.07) is 68.2. The molecule has 0 aliphatic heterocycles. The van der Waals surface area contributed by atoms with E-state index in [9.17, 15) is 0 Å². The third kappa shape index (κ3) is 4.66. The van der Waals surface area contributed by atoms with Gasteiger partial charge in [-0.25, -0.2) is 0 Å².